The van der Waals surface area contributed by atoms with Crippen molar-refractivity contribution >= 4 is 29.3 Å². The Labute approximate surface area is 117 Å². The number of benzene rings is 1. The lowest BCUT2D eigenvalue weighted by molar-refractivity contribution is -0.116. The zero-order chi connectivity index (χ0) is 14.3. The average molecular weight is 285 g/mol. The van der Waals surface area contributed by atoms with Crippen molar-refractivity contribution in [2.24, 2.45) is 0 Å². The van der Waals surface area contributed by atoms with Gasteiger partial charge in [0.05, 0.1) is 17.3 Å². The molecule has 2 N–H and O–H groups in total. The minimum absolute atomic E-state index is 0.156. The van der Waals surface area contributed by atoms with Gasteiger partial charge in [-0.05, 0) is 31.5 Å². The van der Waals surface area contributed by atoms with E-state index in [0.717, 1.165) is 5.56 Å². The first-order valence-electron chi connectivity index (χ1n) is 5.99. The number of amides is 2. The van der Waals surface area contributed by atoms with Gasteiger partial charge in [-0.15, -0.1) is 0 Å². The van der Waals surface area contributed by atoms with Gasteiger partial charge in [0.2, 0.25) is 5.91 Å². The summed E-state index contributed by atoms with van der Waals surface area (Å²) in [5, 5.41) is 5.64. The van der Waals surface area contributed by atoms with Crippen molar-refractivity contribution in [3.8, 4) is 0 Å². The maximum absolute atomic E-state index is 11.6. The molecule has 0 saturated heterocycles. The molecule has 5 nitrogen and oxygen atoms in total. The zero-order valence-electron chi connectivity index (χ0n) is 11.0. The van der Waals surface area contributed by atoms with Crippen molar-refractivity contribution in [2.45, 2.75) is 20.3 Å². The van der Waals surface area contributed by atoms with Crippen molar-refractivity contribution in [1.82, 2.24) is 5.32 Å². The van der Waals surface area contributed by atoms with Crippen LogP contribution in [0, 0.1) is 6.92 Å². The lowest BCUT2D eigenvalue weighted by Gasteiger charge is -2.08. The van der Waals surface area contributed by atoms with Crippen LogP contribution in [0.3, 0.4) is 0 Å². The van der Waals surface area contributed by atoms with Crippen molar-refractivity contribution < 1.29 is 14.3 Å². The Morgan fingerprint density at radius 3 is 2.74 bits per heavy atom. The van der Waals surface area contributed by atoms with Crippen LogP contribution in [-0.4, -0.2) is 25.2 Å². The van der Waals surface area contributed by atoms with E-state index in [1.165, 1.54) is 0 Å². The summed E-state index contributed by atoms with van der Waals surface area (Å²) < 4.78 is 4.67. The zero-order valence-corrected chi connectivity index (χ0v) is 11.7. The summed E-state index contributed by atoms with van der Waals surface area (Å²) in [7, 11) is 0. The van der Waals surface area contributed by atoms with Gasteiger partial charge >= 0.3 is 6.09 Å². The van der Waals surface area contributed by atoms with Crippen molar-refractivity contribution in [3.05, 3.63) is 28.8 Å². The molecule has 104 valence electrons. The highest BCUT2D eigenvalue weighted by molar-refractivity contribution is 6.33. The molecule has 0 atom stereocenters. The molecule has 0 spiro atoms. The van der Waals surface area contributed by atoms with E-state index in [0.29, 0.717) is 17.3 Å². The molecule has 2 amide bonds. The van der Waals surface area contributed by atoms with Crippen LogP contribution in [0.5, 0.6) is 0 Å². The highest BCUT2D eigenvalue weighted by Crippen LogP contribution is 2.22. The molecule has 0 saturated carbocycles. The molecule has 6 heteroatoms. The number of halogens is 1. The number of nitrogens with one attached hydrogen (secondary N) is 2. The Morgan fingerprint density at radius 1 is 1.37 bits per heavy atom. The lowest BCUT2D eigenvalue weighted by atomic mass is 10.2. The van der Waals surface area contributed by atoms with Crippen LogP contribution < -0.4 is 10.6 Å². The SMILES string of the molecule is CCOC(=O)NCCC(=O)Nc1ccc(C)cc1Cl. The fourth-order valence-electron chi connectivity index (χ4n) is 1.39. The van der Waals surface area contributed by atoms with E-state index >= 15 is 0 Å². The Bertz CT molecular complexity index is 463. The normalized spacial score (nSPS) is 9.84. The van der Waals surface area contributed by atoms with Gasteiger partial charge in [0.1, 0.15) is 0 Å². The number of aryl methyl sites for hydroxylation is 1. The standard InChI is InChI=1S/C13H17ClN2O3/c1-3-19-13(18)15-7-6-12(17)16-11-5-4-9(2)8-10(11)14/h4-5,8H,3,6-7H2,1-2H3,(H,15,18)(H,16,17). The van der Waals surface area contributed by atoms with Gasteiger partial charge in [0, 0.05) is 13.0 Å². The van der Waals surface area contributed by atoms with Crippen LogP contribution in [0.4, 0.5) is 10.5 Å². The molecule has 1 aromatic carbocycles. The molecule has 0 unspecified atom stereocenters. The van der Waals surface area contributed by atoms with Gasteiger partial charge in [0.25, 0.3) is 0 Å². The van der Waals surface area contributed by atoms with Gasteiger partial charge in [-0.2, -0.15) is 0 Å². The van der Waals surface area contributed by atoms with E-state index in [1.54, 1.807) is 19.1 Å². The molecule has 0 heterocycles. The maximum atomic E-state index is 11.6. The van der Waals surface area contributed by atoms with Crippen molar-refractivity contribution in [3.63, 3.8) is 0 Å². The molecular formula is C13H17ClN2O3. The third-order valence-electron chi connectivity index (χ3n) is 2.30. The highest BCUT2D eigenvalue weighted by atomic mass is 35.5. The summed E-state index contributed by atoms with van der Waals surface area (Å²) in [4.78, 5) is 22.6. The van der Waals surface area contributed by atoms with Crippen LogP contribution in [0.25, 0.3) is 0 Å². The first-order valence-corrected chi connectivity index (χ1v) is 6.37. The Kier molecular flexibility index (Phi) is 6.15. The number of hydrogen-bond donors (Lipinski definition) is 2. The van der Waals surface area contributed by atoms with Gasteiger partial charge in [0.15, 0.2) is 0 Å². The van der Waals surface area contributed by atoms with Gasteiger partial charge < -0.3 is 15.4 Å². The fourth-order valence-corrected chi connectivity index (χ4v) is 1.68. The molecule has 0 aromatic heterocycles. The Hall–Kier alpha value is -1.75. The number of hydrogen-bond acceptors (Lipinski definition) is 3. The Morgan fingerprint density at radius 2 is 2.11 bits per heavy atom. The fraction of sp³-hybridized carbons (Fsp3) is 0.385. The van der Waals surface area contributed by atoms with E-state index in [9.17, 15) is 9.59 Å². The van der Waals surface area contributed by atoms with E-state index in [-0.39, 0.29) is 18.9 Å². The van der Waals surface area contributed by atoms with Crippen LogP contribution in [0.15, 0.2) is 18.2 Å². The van der Waals surface area contributed by atoms with Crippen molar-refractivity contribution in [1.29, 1.82) is 0 Å². The molecule has 19 heavy (non-hydrogen) atoms. The predicted octanol–water partition coefficient (Wildman–Crippen LogP) is 2.72. The van der Waals surface area contributed by atoms with E-state index in [2.05, 4.69) is 15.4 Å². The van der Waals surface area contributed by atoms with Crippen LogP contribution in [0.1, 0.15) is 18.9 Å². The molecule has 0 aliphatic heterocycles. The second-order valence-corrected chi connectivity index (χ2v) is 4.34. The molecule has 0 bridgehead atoms. The van der Waals surface area contributed by atoms with E-state index < -0.39 is 6.09 Å². The first kappa shape index (κ1) is 15.3. The predicted molar refractivity (Wildman–Crippen MR) is 74.5 cm³/mol. The third kappa shape index (κ3) is 5.61. The summed E-state index contributed by atoms with van der Waals surface area (Å²) in [5.41, 5.74) is 1.58. The third-order valence-corrected chi connectivity index (χ3v) is 2.61. The summed E-state index contributed by atoms with van der Waals surface area (Å²) in [6, 6.07) is 5.38. The lowest BCUT2D eigenvalue weighted by Crippen LogP contribution is -2.28. The smallest absolute Gasteiger partial charge is 0.407 e. The van der Waals surface area contributed by atoms with Crippen molar-refractivity contribution in [2.75, 3.05) is 18.5 Å². The minimum Gasteiger partial charge on any atom is -0.450 e. The molecule has 1 rings (SSSR count). The molecule has 1 aromatic rings. The minimum atomic E-state index is -0.524. The number of alkyl carbamates (subject to hydrolysis) is 1. The van der Waals surface area contributed by atoms with Crippen LogP contribution in [-0.2, 0) is 9.53 Å². The molecule has 0 fully saturated rings. The number of rotatable bonds is 5. The average Bonchev–Trinajstić information content (AvgIpc) is 2.33. The quantitative estimate of drug-likeness (QED) is 0.873. The van der Waals surface area contributed by atoms with Gasteiger partial charge in [-0.25, -0.2) is 4.79 Å². The second kappa shape index (κ2) is 7.63. The monoisotopic (exact) mass is 284 g/mol. The highest BCUT2D eigenvalue weighted by Gasteiger charge is 2.07. The summed E-state index contributed by atoms with van der Waals surface area (Å²) in [6.07, 6.45) is -0.369. The van der Waals surface area contributed by atoms with Crippen LogP contribution >= 0.6 is 11.6 Å². The van der Waals surface area contributed by atoms with E-state index in [4.69, 9.17) is 11.6 Å². The summed E-state index contributed by atoms with van der Waals surface area (Å²) in [5.74, 6) is -0.220. The second-order valence-electron chi connectivity index (χ2n) is 3.93. The maximum Gasteiger partial charge on any atom is 0.407 e. The number of carbonyl (C=O) groups excluding carboxylic acids is 2. The molecule has 0 aliphatic carbocycles. The van der Waals surface area contributed by atoms with Gasteiger partial charge in [-0.3, -0.25) is 4.79 Å². The molecular weight excluding hydrogens is 268 g/mol. The van der Waals surface area contributed by atoms with Crippen LogP contribution in [0.2, 0.25) is 5.02 Å². The summed E-state index contributed by atoms with van der Waals surface area (Å²) in [6.45, 7) is 4.15. The van der Waals surface area contributed by atoms with E-state index in [1.807, 2.05) is 13.0 Å². The topological polar surface area (TPSA) is 67.4 Å². The largest absolute Gasteiger partial charge is 0.450 e. The molecule has 0 aliphatic rings. The summed E-state index contributed by atoms with van der Waals surface area (Å²) >= 11 is 5.99. The Balaban J connectivity index is 2.37. The number of carbonyl (C=O) groups is 2. The first-order chi connectivity index (χ1) is 9.02. The van der Waals surface area contributed by atoms with Gasteiger partial charge in [-0.1, -0.05) is 17.7 Å². The molecule has 0 radical (unpaired) electrons. The number of anilines is 1. The number of ether oxygens (including phenoxy) is 1.